The number of hydrogen-bond acceptors (Lipinski definition) is 4. The van der Waals surface area contributed by atoms with E-state index in [1.807, 2.05) is 0 Å². The van der Waals surface area contributed by atoms with Crippen molar-refractivity contribution in [1.82, 2.24) is 5.32 Å². The van der Waals surface area contributed by atoms with Crippen LogP contribution >= 0.6 is 0 Å². The fourth-order valence-electron chi connectivity index (χ4n) is 0.782. The maximum atomic E-state index is 11.2. The Kier molecular flexibility index (Phi) is 4.18. The molecule has 0 aromatic rings. The number of Topliss-reactive ketones (excluding diaryl/α,β-unsaturated/α-hetero) is 1. The fraction of sp³-hybridized carbons (Fsp3) is 0.500. The number of amides is 1. The Balaban J connectivity index is 4.36. The van der Waals surface area contributed by atoms with Crippen LogP contribution in [0.4, 0.5) is 0 Å². The number of rotatable bonds is 3. The van der Waals surface area contributed by atoms with Gasteiger partial charge in [-0.2, -0.15) is 10.5 Å². The predicted molar refractivity (Wildman–Crippen MR) is 43.0 cm³/mol. The smallest absolute Gasteiger partial charge is 0.217 e. The summed E-state index contributed by atoms with van der Waals surface area (Å²) in [5, 5.41) is 19.0. The molecular weight excluding hydrogens is 170 g/mol. The molecule has 0 saturated carbocycles. The van der Waals surface area contributed by atoms with Gasteiger partial charge in [-0.25, -0.2) is 0 Å². The van der Waals surface area contributed by atoms with Gasteiger partial charge in [0.25, 0.3) is 0 Å². The molecule has 1 N–H and O–H groups in total. The van der Waals surface area contributed by atoms with E-state index < -0.39 is 17.7 Å². The third-order valence-corrected chi connectivity index (χ3v) is 1.39. The van der Waals surface area contributed by atoms with Gasteiger partial charge in [0.2, 0.25) is 5.91 Å². The van der Waals surface area contributed by atoms with Crippen molar-refractivity contribution in [2.45, 2.75) is 19.9 Å². The van der Waals surface area contributed by atoms with Crippen LogP contribution in [-0.4, -0.2) is 17.7 Å². The number of nitrogens with zero attached hydrogens (tertiary/aromatic N) is 2. The van der Waals surface area contributed by atoms with E-state index in [9.17, 15) is 9.59 Å². The van der Waals surface area contributed by atoms with Crippen LogP contribution in [0.2, 0.25) is 0 Å². The van der Waals surface area contributed by atoms with Crippen LogP contribution in [0.1, 0.15) is 13.8 Å². The van der Waals surface area contributed by atoms with Gasteiger partial charge in [-0.05, 0) is 6.92 Å². The van der Waals surface area contributed by atoms with Crippen molar-refractivity contribution in [2.24, 2.45) is 5.92 Å². The lowest BCUT2D eigenvalue weighted by Crippen LogP contribution is -2.39. The van der Waals surface area contributed by atoms with E-state index in [1.54, 1.807) is 12.1 Å². The minimum atomic E-state index is -1.30. The molecule has 0 aromatic heterocycles. The first kappa shape index (κ1) is 11.1. The second-order valence-corrected chi connectivity index (χ2v) is 2.52. The zero-order valence-electron chi connectivity index (χ0n) is 7.37. The van der Waals surface area contributed by atoms with Gasteiger partial charge in [0.1, 0.15) is 0 Å². The van der Waals surface area contributed by atoms with Gasteiger partial charge in [0, 0.05) is 6.92 Å². The number of carbonyl (C=O) groups is 2. The van der Waals surface area contributed by atoms with E-state index in [1.165, 1.54) is 13.8 Å². The summed E-state index contributed by atoms with van der Waals surface area (Å²) >= 11 is 0. The van der Waals surface area contributed by atoms with Crippen molar-refractivity contribution in [3.63, 3.8) is 0 Å². The molecule has 1 atom stereocenters. The van der Waals surface area contributed by atoms with Crippen LogP contribution in [0.3, 0.4) is 0 Å². The second-order valence-electron chi connectivity index (χ2n) is 2.52. The molecule has 0 radical (unpaired) electrons. The zero-order valence-corrected chi connectivity index (χ0v) is 7.37. The van der Waals surface area contributed by atoms with E-state index in [2.05, 4.69) is 5.32 Å². The molecule has 0 aliphatic carbocycles. The van der Waals surface area contributed by atoms with Crippen molar-refractivity contribution in [3.05, 3.63) is 0 Å². The maximum absolute atomic E-state index is 11.2. The first-order valence-electron chi connectivity index (χ1n) is 3.63. The quantitative estimate of drug-likeness (QED) is 0.646. The normalized spacial score (nSPS) is 11.2. The van der Waals surface area contributed by atoms with E-state index in [0.717, 1.165) is 0 Å². The van der Waals surface area contributed by atoms with Gasteiger partial charge in [-0.1, -0.05) is 0 Å². The monoisotopic (exact) mass is 179 g/mol. The fourth-order valence-corrected chi connectivity index (χ4v) is 0.782. The Labute approximate surface area is 76.0 Å². The summed E-state index contributed by atoms with van der Waals surface area (Å²) in [4.78, 5) is 21.7. The maximum Gasteiger partial charge on any atom is 0.217 e. The molecule has 0 aliphatic heterocycles. The van der Waals surface area contributed by atoms with Crippen LogP contribution in [0.25, 0.3) is 0 Å². The largest absolute Gasteiger partial charge is 0.347 e. The summed E-state index contributed by atoms with van der Waals surface area (Å²) in [6.07, 6.45) is 0. The number of hydrogen-bond donors (Lipinski definition) is 1. The number of carbonyl (C=O) groups excluding carboxylic acids is 2. The van der Waals surface area contributed by atoms with Gasteiger partial charge in [-0.3, -0.25) is 9.59 Å². The topological polar surface area (TPSA) is 93.8 Å². The molecule has 68 valence electrons. The Morgan fingerprint density at radius 3 is 2.08 bits per heavy atom. The summed E-state index contributed by atoms with van der Waals surface area (Å²) in [5.74, 6) is -2.25. The summed E-state index contributed by atoms with van der Waals surface area (Å²) in [5.41, 5.74) is 0. The molecule has 1 unspecified atom stereocenters. The molecule has 0 aromatic carbocycles. The lowest BCUT2D eigenvalue weighted by atomic mass is 10.0. The van der Waals surface area contributed by atoms with Crippen LogP contribution < -0.4 is 5.32 Å². The third-order valence-electron chi connectivity index (χ3n) is 1.39. The highest BCUT2D eigenvalue weighted by Gasteiger charge is 2.23. The number of nitrogens with one attached hydrogen (secondary N) is 1. The molecular formula is C8H9N3O2. The molecule has 0 spiro atoms. The Bertz CT molecular complexity index is 283. The first-order chi connectivity index (χ1) is 6.02. The Morgan fingerprint density at radius 2 is 1.77 bits per heavy atom. The van der Waals surface area contributed by atoms with Gasteiger partial charge in [0.15, 0.2) is 11.7 Å². The third kappa shape index (κ3) is 3.35. The zero-order chi connectivity index (χ0) is 10.4. The van der Waals surface area contributed by atoms with Crippen molar-refractivity contribution < 1.29 is 9.59 Å². The van der Waals surface area contributed by atoms with Crippen molar-refractivity contribution in [2.75, 3.05) is 0 Å². The van der Waals surface area contributed by atoms with Crippen LogP contribution in [0.15, 0.2) is 0 Å². The summed E-state index contributed by atoms with van der Waals surface area (Å²) in [6, 6.07) is 2.30. The van der Waals surface area contributed by atoms with Crippen molar-refractivity contribution in [3.8, 4) is 12.1 Å². The number of nitriles is 2. The lowest BCUT2D eigenvalue weighted by molar-refractivity contribution is -0.126. The Hall–Kier alpha value is -1.88. The van der Waals surface area contributed by atoms with Gasteiger partial charge >= 0.3 is 0 Å². The van der Waals surface area contributed by atoms with Gasteiger partial charge in [0.05, 0.1) is 18.2 Å². The molecule has 0 bridgehead atoms. The predicted octanol–water partition coefficient (Wildman–Crippen LogP) is -0.257. The molecule has 13 heavy (non-hydrogen) atoms. The van der Waals surface area contributed by atoms with Gasteiger partial charge in [-0.15, -0.1) is 0 Å². The SMILES string of the molecule is CC(=O)NC(C)C(=O)C(C#N)C#N. The van der Waals surface area contributed by atoms with Crippen molar-refractivity contribution >= 4 is 11.7 Å². The highest BCUT2D eigenvalue weighted by molar-refractivity contribution is 5.92. The molecule has 0 saturated heterocycles. The number of ketones is 1. The average molecular weight is 179 g/mol. The lowest BCUT2D eigenvalue weighted by Gasteiger charge is -2.10. The van der Waals surface area contributed by atoms with Gasteiger partial charge < -0.3 is 5.32 Å². The summed E-state index contributed by atoms with van der Waals surface area (Å²) in [6.45, 7) is 2.70. The molecule has 0 rings (SSSR count). The highest BCUT2D eigenvalue weighted by atomic mass is 16.2. The van der Waals surface area contributed by atoms with E-state index >= 15 is 0 Å². The van der Waals surface area contributed by atoms with Crippen LogP contribution in [-0.2, 0) is 9.59 Å². The second kappa shape index (κ2) is 4.89. The average Bonchev–Trinajstić information content (AvgIpc) is 2.05. The minimum absolute atomic E-state index is 0.365. The van der Waals surface area contributed by atoms with Crippen molar-refractivity contribution in [1.29, 1.82) is 10.5 Å². The van der Waals surface area contributed by atoms with Crippen LogP contribution in [0, 0.1) is 28.6 Å². The highest BCUT2D eigenvalue weighted by Crippen LogP contribution is 1.98. The molecule has 5 heteroatoms. The van der Waals surface area contributed by atoms with Crippen LogP contribution in [0.5, 0.6) is 0 Å². The summed E-state index contributed by atoms with van der Waals surface area (Å²) < 4.78 is 0. The standard InChI is InChI=1S/C8H9N3O2/c1-5(11-6(2)12)8(13)7(3-9)4-10/h5,7H,1-2H3,(H,11,12). The van der Waals surface area contributed by atoms with E-state index in [4.69, 9.17) is 10.5 Å². The molecule has 5 nitrogen and oxygen atoms in total. The Morgan fingerprint density at radius 1 is 1.31 bits per heavy atom. The minimum Gasteiger partial charge on any atom is -0.347 e. The molecule has 0 fully saturated rings. The molecule has 1 amide bonds. The molecule has 0 heterocycles. The molecule has 0 aliphatic rings. The summed E-state index contributed by atoms with van der Waals surface area (Å²) in [7, 11) is 0. The van der Waals surface area contributed by atoms with E-state index in [0.29, 0.717) is 0 Å². The van der Waals surface area contributed by atoms with E-state index in [-0.39, 0.29) is 5.91 Å². The first-order valence-corrected chi connectivity index (χ1v) is 3.63.